The van der Waals surface area contributed by atoms with Crippen molar-refractivity contribution in [1.82, 2.24) is 4.90 Å². The third-order valence-corrected chi connectivity index (χ3v) is 13.4. The Kier molecular flexibility index (Phi) is 12.4. The molecule has 8 nitrogen and oxygen atoms in total. The highest BCUT2D eigenvalue weighted by atomic mass is 16.6. The average Bonchev–Trinajstić information content (AvgIpc) is 3.48. The van der Waals surface area contributed by atoms with Crippen LogP contribution in [0.25, 0.3) is 10.8 Å². The first-order valence-electron chi connectivity index (χ1n) is 20.9. The molecule has 0 spiro atoms. The second-order valence-corrected chi connectivity index (χ2v) is 17.1. The molecule has 57 heavy (non-hydrogen) atoms. The maximum atomic E-state index is 14.5. The summed E-state index contributed by atoms with van der Waals surface area (Å²) in [5.74, 6) is 1.64. The van der Waals surface area contributed by atoms with Crippen molar-refractivity contribution in [2.75, 3.05) is 20.8 Å². The Bertz CT molecular complexity index is 2100. The summed E-state index contributed by atoms with van der Waals surface area (Å²) in [5, 5.41) is 26.3. The van der Waals surface area contributed by atoms with Crippen LogP contribution in [-0.4, -0.2) is 59.5 Å². The number of ether oxygens (including phenoxy) is 3. The van der Waals surface area contributed by atoms with Crippen molar-refractivity contribution in [3.05, 3.63) is 113 Å². The van der Waals surface area contributed by atoms with Crippen LogP contribution in [0.5, 0.6) is 17.2 Å². The van der Waals surface area contributed by atoms with Crippen LogP contribution >= 0.6 is 0 Å². The van der Waals surface area contributed by atoms with E-state index in [1.54, 1.807) is 31.3 Å². The third-order valence-electron chi connectivity index (χ3n) is 13.4. The number of rotatable bonds is 9. The van der Waals surface area contributed by atoms with Crippen LogP contribution in [0, 0.1) is 11.3 Å². The van der Waals surface area contributed by atoms with Crippen LogP contribution in [0.2, 0.25) is 0 Å². The van der Waals surface area contributed by atoms with Gasteiger partial charge in [-0.1, -0.05) is 80.3 Å². The zero-order valence-electron chi connectivity index (χ0n) is 34.1. The van der Waals surface area contributed by atoms with E-state index in [4.69, 9.17) is 14.2 Å². The van der Waals surface area contributed by atoms with Gasteiger partial charge in [0.25, 0.3) is 0 Å². The zero-order valence-corrected chi connectivity index (χ0v) is 34.1. The number of benzene rings is 4. The standard InChI is InChI=1S/C49H59NO7/c1-33-11-10-25-48(2)44(42-23-17-34(27-39(51)20-16-33)28-43(42)46(52)36-13-6-5-7-14-36)24-26-49(48,54)32-50(31-38-19-21-40(55-3)30-45(38)56-4)47(53)57-41-22-18-35-12-8-9-15-37(35)29-41/h8-9,11-12,15,17-19,21-23,28-30,36,39,44,51,54H,5-7,10,13-14,16,20,24-27,31-32H2,1-4H3. The molecule has 0 aliphatic heterocycles. The predicted octanol–water partition coefficient (Wildman–Crippen LogP) is 10.4. The first-order chi connectivity index (χ1) is 27.5. The topological polar surface area (TPSA) is 106 Å². The smallest absolute Gasteiger partial charge is 0.415 e. The minimum absolute atomic E-state index is 0.0144. The number of ketones is 1. The van der Waals surface area contributed by atoms with E-state index >= 15 is 0 Å². The molecule has 0 radical (unpaired) electrons. The van der Waals surface area contributed by atoms with E-state index in [0.29, 0.717) is 49.4 Å². The molecule has 2 fully saturated rings. The van der Waals surface area contributed by atoms with E-state index in [2.05, 4.69) is 32.1 Å². The number of carbonyl (C=O) groups is 2. The van der Waals surface area contributed by atoms with E-state index in [-0.39, 0.29) is 30.7 Å². The highest BCUT2D eigenvalue weighted by Crippen LogP contribution is 2.59. The van der Waals surface area contributed by atoms with Crippen LogP contribution in [0.1, 0.15) is 117 Å². The quantitative estimate of drug-likeness (QED) is 0.129. The van der Waals surface area contributed by atoms with Crippen molar-refractivity contribution in [3.8, 4) is 17.2 Å². The van der Waals surface area contributed by atoms with Crippen LogP contribution in [-0.2, 0) is 13.0 Å². The number of aliphatic hydroxyl groups is 2. The number of Topliss-reactive ketones (excluding diaryl/α,β-unsaturated/α-hetero) is 1. The van der Waals surface area contributed by atoms with Crippen molar-refractivity contribution in [1.29, 1.82) is 0 Å². The molecule has 1 amide bonds. The molecule has 4 aliphatic rings. The van der Waals surface area contributed by atoms with Gasteiger partial charge in [-0.15, -0.1) is 0 Å². The van der Waals surface area contributed by atoms with Crippen molar-refractivity contribution in [2.24, 2.45) is 11.3 Å². The molecule has 4 aromatic carbocycles. The molecule has 8 rings (SSSR count). The molecule has 4 atom stereocenters. The van der Waals surface area contributed by atoms with Crippen LogP contribution in [0.4, 0.5) is 4.79 Å². The molecular formula is C49H59NO7. The summed E-state index contributed by atoms with van der Waals surface area (Å²) in [4.78, 5) is 30.6. The first kappa shape index (κ1) is 40.5. The number of allylic oxidation sites excluding steroid dienone is 2. The molecular weight excluding hydrogens is 715 g/mol. The molecule has 0 aromatic heterocycles. The summed E-state index contributed by atoms with van der Waals surface area (Å²) in [6, 6.07) is 25.3. The molecule has 8 heteroatoms. The van der Waals surface area contributed by atoms with Crippen molar-refractivity contribution < 1.29 is 34.0 Å². The maximum Gasteiger partial charge on any atom is 0.415 e. The van der Waals surface area contributed by atoms with Gasteiger partial charge >= 0.3 is 6.09 Å². The largest absolute Gasteiger partial charge is 0.497 e. The fraction of sp³-hybridized carbons (Fsp3) is 0.469. The van der Waals surface area contributed by atoms with Gasteiger partial charge in [-0.25, -0.2) is 4.79 Å². The Morgan fingerprint density at radius 3 is 2.39 bits per heavy atom. The van der Waals surface area contributed by atoms with Gasteiger partial charge in [0.2, 0.25) is 0 Å². The Balaban J connectivity index is 1.28. The van der Waals surface area contributed by atoms with Crippen molar-refractivity contribution in [3.63, 3.8) is 0 Å². The minimum Gasteiger partial charge on any atom is -0.497 e. The van der Waals surface area contributed by atoms with Crippen LogP contribution in [0.3, 0.4) is 0 Å². The fourth-order valence-corrected chi connectivity index (χ4v) is 9.88. The molecule has 0 saturated heterocycles. The minimum atomic E-state index is -1.33. The first-order valence-corrected chi connectivity index (χ1v) is 20.9. The molecule has 4 aliphatic carbocycles. The molecule has 4 unspecified atom stereocenters. The van der Waals surface area contributed by atoms with Crippen LogP contribution in [0.15, 0.2) is 90.5 Å². The lowest BCUT2D eigenvalue weighted by molar-refractivity contribution is -0.0802. The van der Waals surface area contributed by atoms with Crippen LogP contribution < -0.4 is 14.2 Å². The normalized spacial score (nSPS) is 24.3. The molecule has 0 heterocycles. The Labute approximate surface area is 337 Å². The lowest BCUT2D eigenvalue weighted by Crippen LogP contribution is -2.54. The van der Waals surface area contributed by atoms with Gasteiger partial charge in [-0.05, 0) is 123 Å². The van der Waals surface area contributed by atoms with Gasteiger partial charge in [0.1, 0.15) is 17.2 Å². The van der Waals surface area contributed by atoms with Gasteiger partial charge in [-0.3, -0.25) is 4.79 Å². The second-order valence-electron chi connectivity index (χ2n) is 17.1. The highest BCUT2D eigenvalue weighted by molar-refractivity contribution is 5.99. The number of fused-ring (bicyclic) bond motifs is 9. The van der Waals surface area contributed by atoms with E-state index in [9.17, 15) is 19.8 Å². The SMILES string of the molecule is COc1ccc(CN(CC2(O)CCC3c4ccc(cc4C(=O)C4CCCCC4)CC(O)CCC(C)=CCCC32C)C(=O)Oc2ccc3ccccc3c2)c(OC)c1. The molecule has 302 valence electrons. The number of hydrogen-bond donors (Lipinski definition) is 2. The van der Waals surface area contributed by atoms with E-state index in [1.165, 1.54) is 5.57 Å². The van der Waals surface area contributed by atoms with Crippen molar-refractivity contribution >= 4 is 22.6 Å². The number of amides is 1. The Hall–Kier alpha value is -4.66. The molecule has 4 aromatic rings. The molecule has 2 saturated carbocycles. The van der Waals surface area contributed by atoms with Gasteiger partial charge in [-0.2, -0.15) is 0 Å². The van der Waals surface area contributed by atoms with E-state index in [0.717, 1.165) is 78.0 Å². The fourth-order valence-electron chi connectivity index (χ4n) is 9.88. The highest BCUT2D eigenvalue weighted by Gasteiger charge is 2.58. The van der Waals surface area contributed by atoms with Gasteiger partial charge in [0.15, 0.2) is 5.78 Å². The summed E-state index contributed by atoms with van der Waals surface area (Å²) in [6.07, 6.45) is 10.6. The average molecular weight is 774 g/mol. The van der Waals surface area contributed by atoms with Gasteiger partial charge in [0, 0.05) is 28.5 Å². The monoisotopic (exact) mass is 773 g/mol. The van der Waals surface area contributed by atoms with Crippen molar-refractivity contribution in [2.45, 2.75) is 115 Å². The summed E-state index contributed by atoms with van der Waals surface area (Å²) in [5.41, 5.74) is 2.59. The maximum absolute atomic E-state index is 14.5. The summed E-state index contributed by atoms with van der Waals surface area (Å²) >= 11 is 0. The van der Waals surface area contributed by atoms with Gasteiger partial charge in [0.05, 0.1) is 39.0 Å². The second kappa shape index (κ2) is 17.5. The number of hydrogen-bond acceptors (Lipinski definition) is 7. The summed E-state index contributed by atoms with van der Waals surface area (Å²) in [6.45, 7) is 4.42. The molecule has 2 bridgehead atoms. The Morgan fingerprint density at radius 2 is 1.61 bits per heavy atom. The summed E-state index contributed by atoms with van der Waals surface area (Å²) < 4.78 is 17.4. The number of carbonyl (C=O) groups excluding carboxylic acids is 2. The Morgan fingerprint density at radius 1 is 0.842 bits per heavy atom. The lowest BCUT2D eigenvalue weighted by atomic mass is 9.64. The zero-order chi connectivity index (χ0) is 40.2. The molecule has 2 N–H and O–H groups in total. The number of methoxy groups -OCH3 is 2. The number of nitrogens with zero attached hydrogens (tertiary/aromatic N) is 1. The van der Waals surface area contributed by atoms with E-state index in [1.807, 2.05) is 54.6 Å². The number of aliphatic hydroxyl groups excluding tert-OH is 1. The van der Waals surface area contributed by atoms with E-state index < -0.39 is 23.2 Å². The van der Waals surface area contributed by atoms with Gasteiger partial charge < -0.3 is 29.3 Å². The third kappa shape index (κ3) is 8.78. The lowest BCUT2D eigenvalue weighted by Gasteiger charge is -2.46. The summed E-state index contributed by atoms with van der Waals surface area (Å²) in [7, 11) is 3.19. The predicted molar refractivity (Wildman–Crippen MR) is 224 cm³/mol.